The fourth-order valence-electron chi connectivity index (χ4n) is 1.54. The molecule has 106 valence electrons. The molecule has 0 saturated carbocycles. The number of amides is 2. The van der Waals surface area contributed by atoms with Crippen LogP contribution in [0.4, 0.5) is 0 Å². The topological polar surface area (TPSA) is 58.2 Å². The minimum atomic E-state index is 0.0607. The summed E-state index contributed by atoms with van der Waals surface area (Å²) in [5.41, 5.74) is 0. The lowest BCUT2D eigenvalue weighted by Gasteiger charge is -2.06. The summed E-state index contributed by atoms with van der Waals surface area (Å²) in [6.45, 7) is 3.03. The van der Waals surface area contributed by atoms with Crippen LogP contribution in [0.2, 0.25) is 0 Å². The molecule has 0 aromatic rings. The van der Waals surface area contributed by atoms with E-state index in [-0.39, 0.29) is 11.8 Å². The maximum absolute atomic E-state index is 11.4. The van der Waals surface area contributed by atoms with E-state index in [4.69, 9.17) is 0 Å². The number of rotatable bonds is 11. The highest BCUT2D eigenvalue weighted by atomic mass is 127. The summed E-state index contributed by atoms with van der Waals surface area (Å²) in [4.78, 5) is 22.6. The minimum absolute atomic E-state index is 0.0607. The fourth-order valence-corrected chi connectivity index (χ4v) is 2.08. The first-order valence-corrected chi connectivity index (χ1v) is 8.32. The normalized spacial score (nSPS) is 10.1. The summed E-state index contributed by atoms with van der Waals surface area (Å²) in [6.07, 6.45) is 6.56. The van der Waals surface area contributed by atoms with Crippen LogP contribution in [-0.2, 0) is 9.59 Å². The molecule has 0 unspecified atom stereocenters. The number of hydrogen-bond donors (Lipinski definition) is 2. The SMILES string of the molecule is CCCC(=O)NCCNC(=O)CCCCCCI. The summed E-state index contributed by atoms with van der Waals surface area (Å²) in [5.74, 6) is 0.153. The van der Waals surface area contributed by atoms with Crippen LogP contribution in [-0.4, -0.2) is 29.3 Å². The van der Waals surface area contributed by atoms with Gasteiger partial charge in [-0.1, -0.05) is 42.4 Å². The van der Waals surface area contributed by atoms with Crippen molar-refractivity contribution in [2.24, 2.45) is 0 Å². The van der Waals surface area contributed by atoms with Gasteiger partial charge < -0.3 is 10.6 Å². The Morgan fingerprint density at radius 1 is 0.889 bits per heavy atom. The molecule has 4 nitrogen and oxygen atoms in total. The second-order valence-electron chi connectivity index (χ2n) is 4.30. The van der Waals surface area contributed by atoms with Gasteiger partial charge in [-0.3, -0.25) is 9.59 Å². The van der Waals surface area contributed by atoms with Crippen molar-refractivity contribution < 1.29 is 9.59 Å². The number of nitrogens with one attached hydrogen (secondary N) is 2. The quantitative estimate of drug-likeness (QED) is 0.334. The molecule has 0 saturated heterocycles. The largest absolute Gasteiger partial charge is 0.354 e. The van der Waals surface area contributed by atoms with Crippen LogP contribution in [0.25, 0.3) is 0 Å². The van der Waals surface area contributed by atoms with Crippen LogP contribution >= 0.6 is 22.6 Å². The van der Waals surface area contributed by atoms with Crippen molar-refractivity contribution in [3.05, 3.63) is 0 Å². The highest BCUT2D eigenvalue weighted by molar-refractivity contribution is 14.1. The molecule has 0 atom stereocenters. The summed E-state index contributed by atoms with van der Waals surface area (Å²) >= 11 is 2.37. The van der Waals surface area contributed by atoms with Gasteiger partial charge >= 0.3 is 0 Å². The van der Waals surface area contributed by atoms with E-state index >= 15 is 0 Å². The van der Waals surface area contributed by atoms with Crippen LogP contribution in [0.5, 0.6) is 0 Å². The zero-order valence-corrected chi connectivity index (χ0v) is 13.4. The average molecular weight is 368 g/mol. The highest BCUT2D eigenvalue weighted by Gasteiger charge is 2.01. The lowest BCUT2D eigenvalue weighted by molar-refractivity contribution is -0.123. The van der Waals surface area contributed by atoms with Crippen molar-refractivity contribution >= 4 is 34.4 Å². The van der Waals surface area contributed by atoms with Crippen molar-refractivity contribution in [3.8, 4) is 0 Å². The molecule has 2 amide bonds. The maximum Gasteiger partial charge on any atom is 0.220 e. The molecule has 0 aliphatic rings. The van der Waals surface area contributed by atoms with Crippen LogP contribution in [0.15, 0.2) is 0 Å². The van der Waals surface area contributed by atoms with Crippen molar-refractivity contribution in [1.82, 2.24) is 10.6 Å². The molecule has 18 heavy (non-hydrogen) atoms. The van der Waals surface area contributed by atoms with E-state index in [9.17, 15) is 9.59 Å². The van der Waals surface area contributed by atoms with Gasteiger partial charge in [-0.05, 0) is 23.7 Å². The minimum Gasteiger partial charge on any atom is -0.354 e. The number of halogens is 1. The first-order valence-electron chi connectivity index (χ1n) is 6.80. The summed E-state index contributed by atoms with van der Waals surface area (Å²) in [7, 11) is 0. The van der Waals surface area contributed by atoms with E-state index in [1.165, 1.54) is 17.3 Å². The van der Waals surface area contributed by atoms with E-state index in [1.807, 2.05) is 6.92 Å². The van der Waals surface area contributed by atoms with Gasteiger partial charge in [0.1, 0.15) is 0 Å². The molecule has 2 N–H and O–H groups in total. The smallest absolute Gasteiger partial charge is 0.220 e. The van der Waals surface area contributed by atoms with Crippen LogP contribution in [0, 0.1) is 0 Å². The third-order valence-corrected chi connectivity index (χ3v) is 3.30. The van der Waals surface area contributed by atoms with Gasteiger partial charge in [0, 0.05) is 25.9 Å². The average Bonchev–Trinajstić information content (AvgIpc) is 2.35. The summed E-state index contributed by atoms with van der Waals surface area (Å²) in [5, 5.41) is 5.58. The molecule has 0 bridgehead atoms. The Hall–Kier alpha value is -0.330. The highest BCUT2D eigenvalue weighted by Crippen LogP contribution is 2.04. The summed E-state index contributed by atoms with van der Waals surface area (Å²) in [6, 6.07) is 0. The first kappa shape index (κ1) is 17.7. The zero-order chi connectivity index (χ0) is 13.6. The second-order valence-corrected chi connectivity index (χ2v) is 5.38. The number of alkyl halides is 1. The number of unbranched alkanes of at least 4 members (excludes halogenated alkanes) is 3. The molecule has 0 rings (SSSR count). The maximum atomic E-state index is 11.4. The fraction of sp³-hybridized carbons (Fsp3) is 0.846. The number of hydrogen-bond acceptors (Lipinski definition) is 2. The van der Waals surface area contributed by atoms with E-state index in [2.05, 4.69) is 33.2 Å². The monoisotopic (exact) mass is 368 g/mol. The van der Waals surface area contributed by atoms with Gasteiger partial charge in [-0.25, -0.2) is 0 Å². The molecule has 0 aliphatic carbocycles. The molecule has 5 heteroatoms. The Balaban J connectivity index is 3.29. The Bertz CT molecular complexity index is 235. The van der Waals surface area contributed by atoms with Crippen LogP contribution < -0.4 is 10.6 Å². The molecule has 0 spiro atoms. The molecular weight excluding hydrogens is 343 g/mol. The van der Waals surface area contributed by atoms with Gasteiger partial charge in [0.05, 0.1) is 0 Å². The molecule has 0 radical (unpaired) electrons. The molecule has 0 aliphatic heterocycles. The first-order chi connectivity index (χ1) is 8.70. The Morgan fingerprint density at radius 3 is 2.00 bits per heavy atom. The van der Waals surface area contributed by atoms with Crippen molar-refractivity contribution in [1.29, 1.82) is 0 Å². The van der Waals surface area contributed by atoms with Crippen molar-refractivity contribution in [2.45, 2.75) is 51.9 Å². The van der Waals surface area contributed by atoms with Gasteiger partial charge in [-0.15, -0.1) is 0 Å². The standard InChI is InChI=1S/C13H25IN2O2/c1-2-7-12(17)15-10-11-16-13(18)8-5-3-4-6-9-14/h2-11H2,1H3,(H,15,17)(H,16,18). The van der Waals surface area contributed by atoms with Gasteiger partial charge in [0.15, 0.2) is 0 Å². The molecule has 0 aromatic carbocycles. The Kier molecular flexibility index (Phi) is 12.9. The number of carbonyl (C=O) groups excluding carboxylic acids is 2. The Labute approximate surface area is 124 Å². The zero-order valence-electron chi connectivity index (χ0n) is 11.3. The lowest BCUT2D eigenvalue weighted by Crippen LogP contribution is -2.34. The third kappa shape index (κ3) is 12.1. The predicted octanol–water partition coefficient (Wildman–Crippen LogP) is 2.40. The molecule has 0 fully saturated rings. The summed E-state index contributed by atoms with van der Waals surface area (Å²) < 4.78 is 1.20. The van der Waals surface area contributed by atoms with E-state index in [0.717, 1.165) is 19.3 Å². The van der Waals surface area contributed by atoms with Gasteiger partial charge in [0.25, 0.3) is 0 Å². The van der Waals surface area contributed by atoms with Gasteiger partial charge in [0.2, 0.25) is 11.8 Å². The molecule has 0 heterocycles. The van der Waals surface area contributed by atoms with E-state index < -0.39 is 0 Å². The molecular formula is C13H25IN2O2. The predicted molar refractivity (Wildman–Crippen MR) is 82.9 cm³/mol. The van der Waals surface area contributed by atoms with Crippen molar-refractivity contribution in [2.75, 3.05) is 17.5 Å². The van der Waals surface area contributed by atoms with Crippen LogP contribution in [0.3, 0.4) is 0 Å². The second kappa shape index (κ2) is 13.1. The van der Waals surface area contributed by atoms with Crippen LogP contribution in [0.1, 0.15) is 51.9 Å². The van der Waals surface area contributed by atoms with Gasteiger partial charge in [-0.2, -0.15) is 0 Å². The third-order valence-electron chi connectivity index (χ3n) is 2.53. The lowest BCUT2D eigenvalue weighted by atomic mass is 10.1. The van der Waals surface area contributed by atoms with E-state index in [1.54, 1.807) is 0 Å². The van der Waals surface area contributed by atoms with E-state index in [0.29, 0.717) is 25.9 Å². The van der Waals surface area contributed by atoms with Crippen molar-refractivity contribution in [3.63, 3.8) is 0 Å². The Morgan fingerprint density at radius 2 is 1.44 bits per heavy atom. The number of carbonyl (C=O) groups is 2. The molecule has 0 aromatic heterocycles.